The molecule has 2 aromatic carbocycles. The van der Waals surface area contributed by atoms with E-state index >= 15 is 0 Å². The van der Waals surface area contributed by atoms with Gasteiger partial charge in [-0.2, -0.15) is 0 Å². The Morgan fingerprint density at radius 1 is 1.12 bits per heavy atom. The van der Waals surface area contributed by atoms with Crippen molar-refractivity contribution in [2.75, 3.05) is 40.0 Å². The van der Waals surface area contributed by atoms with Gasteiger partial charge < -0.3 is 19.1 Å². The Morgan fingerprint density at radius 2 is 1.85 bits per heavy atom. The van der Waals surface area contributed by atoms with E-state index in [2.05, 4.69) is 0 Å². The molecule has 0 N–H and O–H groups in total. The molecule has 0 atom stereocenters. The van der Waals surface area contributed by atoms with Crippen molar-refractivity contribution in [3.8, 4) is 22.6 Å². The third-order valence-electron chi connectivity index (χ3n) is 4.33. The van der Waals surface area contributed by atoms with Gasteiger partial charge in [0.05, 0.1) is 20.3 Å². The van der Waals surface area contributed by atoms with Gasteiger partial charge in [0.2, 0.25) is 0 Å². The maximum Gasteiger partial charge on any atom is 0.260 e. The van der Waals surface area contributed by atoms with Crippen LogP contribution in [0, 0.1) is 12.7 Å². The van der Waals surface area contributed by atoms with Crippen molar-refractivity contribution in [1.82, 2.24) is 4.90 Å². The van der Waals surface area contributed by atoms with E-state index in [-0.39, 0.29) is 18.3 Å². The minimum atomic E-state index is -0.246. The fourth-order valence-electron chi connectivity index (χ4n) is 2.81. The molecule has 0 unspecified atom stereocenters. The summed E-state index contributed by atoms with van der Waals surface area (Å²) in [6, 6.07) is 10.3. The third kappa shape index (κ3) is 4.32. The molecule has 1 saturated heterocycles. The molecule has 1 amide bonds. The average Bonchev–Trinajstić information content (AvgIpc) is 2.68. The first-order chi connectivity index (χ1) is 12.6. The maximum atomic E-state index is 13.5. The highest BCUT2D eigenvalue weighted by molar-refractivity contribution is 5.78. The number of amides is 1. The van der Waals surface area contributed by atoms with Gasteiger partial charge in [0, 0.05) is 19.2 Å². The number of halogens is 1. The zero-order chi connectivity index (χ0) is 18.5. The van der Waals surface area contributed by atoms with Gasteiger partial charge in [0.15, 0.2) is 6.61 Å². The molecule has 1 aliphatic rings. The first-order valence-corrected chi connectivity index (χ1v) is 8.51. The van der Waals surface area contributed by atoms with Crippen LogP contribution in [0.2, 0.25) is 0 Å². The van der Waals surface area contributed by atoms with Gasteiger partial charge in [-0.25, -0.2) is 4.39 Å². The molecular weight excluding hydrogens is 337 g/mol. The molecule has 26 heavy (non-hydrogen) atoms. The quantitative estimate of drug-likeness (QED) is 0.823. The SMILES string of the molecule is COc1cc(OCC(=O)N2CCOCC2)cc(-c2ccc(F)c(C)c2)c1. The summed E-state index contributed by atoms with van der Waals surface area (Å²) in [5.41, 5.74) is 2.25. The van der Waals surface area contributed by atoms with Crippen LogP contribution in [0.3, 0.4) is 0 Å². The Morgan fingerprint density at radius 3 is 2.54 bits per heavy atom. The van der Waals surface area contributed by atoms with Gasteiger partial charge in [0.1, 0.15) is 17.3 Å². The molecule has 5 nitrogen and oxygen atoms in total. The second kappa shape index (κ2) is 8.19. The van der Waals surface area contributed by atoms with Gasteiger partial charge >= 0.3 is 0 Å². The van der Waals surface area contributed by atoms with Gasteiger partial charge in [0.25, 0.3) is 5.91 Å². The van der Waals surface area contributed by atoms with Crippen molar-refractivity contribution in [3.63, 3.8) is 0 Å². The smallest absolute Gasteiger partial charge is 0.260 e. The lowest BCUT2D eigenvalue weighted by Crippen LogP contribution is -2.42. The van der Waals surface area contributed by atoms with Crippen molar-refractivity contribution in [3.05, 3.63) is 47.8 Å². The molecule has 1 aliphatic heterocycles. The number of ether oxygens (including phenoxy) is 3. The van der Waals surface area contributed by atoms with Gasteiger partial charge in [-0.15, -0.1) is 0 Å². The van der Waals surface area contributed by atoms with E-state index in [1.807, 2.05) is 12.1 Å². The van der Waals surface area contributed by atoms with Crippen LogP contribution in [-0.2, 0) is 9.53 Å². The van der Waals surface area contributed by atoms with E-state index in [1.54, 1.807) is 37.1 Å². The first kappa shape index (κ1) is 18.2. The normalized spacial score (nSPS) is 14.2. The number of hydrogen-bond acceptors (Lipinski definition) is 4. The molecular formula is C20H22FNO4. The molecule has 1 fully saturated rings. The summed E-state index contributed by atoms with van der Waals surface area (Å²) in [6.07, 6.45) is 0. The Hall–Kier alpha value is -2.60. The molecule has 0 aromatic heterocycles. The van der Waals surface area contributed by atoms with E-state index < -0.39 is 0 Å². The van der Waals surface area contributed by atoms with Crippen LogP contribution in [0.25, 0.3) is 11.1 Å². The fraction of sp³-hybridized carbons (Fsp3) is 0.350. The number of morpholine rings is 1. The van der Waals surface area contributed by atoms with Gasteiger partial charge in [-0.1, -0.05) is 6.07 Å². The molecule has 3 rings (SSSR count). The number of hydrogen-bond donors (Lipinski definition) is 0. The number of carbonyl (C=O) groups is 1. The average molecular weight is 359 g/mol. The summed E-state index contributed by atoms with van der Waals surface area (Å²) in [5, 5.41) is 0. The van der Waals surface area contributed by atoms with Crippen LogP contribution in [0.4, 0.5) is 4.39 Å². The first-order valence-electron chi connectivity index (χ1n) is 8.51. The summed E-state index contributed by atoms with van der Waals surface area (Å²) < 4.78 is 29.8. The highest BCUT2D eigenvalue weighted by atomic mass is 19.1. The third-order valence-corrected chi connectivity index (χ3v) is 4.33. The molecule has 0 saturated carbocycles. The minimum Gasteiger partial charge on any atom is -0.497 e. The van der Waals surface area contributed by atoms with Crippen LogP contribution in [-0.4, -0.2) is 50.8 Å². The second-order valence-electron chi connectivity index (χ2n) is 6.14. The van der Waals surface area contributed by atoms with Crippen molar-refractivity contribution in [2.45, 2.75) is 6.92 Å². The van der Waals surface area contributed by atoms with Crippen LogP contribution in [0.5, 0.6) is 11.5 Å². The zero-order valence-electron chi connectivity index (χ0n) is 15.0. The number of nitrogens with zero attached hydrogens (tertiary/aromatic N) is 1. The molecule has 1 heterocycles. The molecule has 138 valence electrons. The van der Waals surface area contributed by atoms with Gasteiger partial charge in [-0.05, 0) is 47.9 Å². The number of aryl methyl sites for hydroxylation is 1. The number of carbonyl (C=O) groups excluding carboxylic acids is 1. The van der Waals surface area contributed by atoms with Crippen LogP contribution in [0.1, 0.15) is 5.56 Å². The minimum absolute atomic E-state index is 0.0466. The second-order valence-corrected chi connectivity index (χ2v) is 6.14. The predicted octanol–water partition coefficient (Wildman–Crippen LogP) is 3.05. The van der Waals surface area contributed by atoms with Crippen molar-refractivity contribution in [2.24, 2.45) is 0 Å². The Labute approximate surface area is 152 Å². The van der Waals surface area contributed by atoms with Crippen molar-refractivity contribution < 1.29 is 23.4 Å². The molecule has 0 spiro atoms. The van der Waals surface area contributed by atoms with Crippen LogP contribution >= 0.6 is 0 Å². The van der Waals surface area contributed by atoms with E-state index in [1.165, 1.54) is 6.07 Å². The maximum absolute atomic E-state index is 13.5. The molecule has 0 bridgehead atoms. The van der Waals surface area contributed by atoms with Crippen molar-refractivity contribution in [1.29, 1.82) is 0 Å². The Balaban J connectivity index is 1.76. The number of methoxy groups -OCH3 is 1. The van der Waals surface area contributed by atoms with Crippen LogP contribution < -0.4 is 9.47 Å². The predicted molar refractivity (Wildman–Crippen MR) is 96.0 cm³/mol. The van der Waals surface area contributed by atoms with E-state index in [0.717, 1.165) is 11.1 Å². The van der Waals surface area contributed by atoms with Gasteiger partial charge in [-0.3, -0.25) is 4.79 Å². The summed E-state index contributed by atoms with van der Waals surface area (Å²) in [7, 11) is 1.57. The monoisotopic (exact) mass is 359 g/mol. The van der Waals surface area contributed by atoms with E-state index in [0.29, 0.717) is 43.4 Å². The molecule has 2 aromatic rings. The van der Waals surface area contributed by atoms with E-state index in [9.17, 15) is 9.18 Å². The standard InChI is InChI=1S/C20H22FNO4/c1-14-9-15(3-4-19(14)21)16-10-17(24-2)12-18(11-16)26-13-20(23)22-5-7-25-8-6-22/h3-4,9-12H,5-8,13H2,1-2H3. The Kier molecular flexibility index (Phi) is 5.73. The van der Waals surface area contributed by atoms with E-state index in [4.69, 9.17) is 14.2 Å². The van der Waals surface area contributed by atoms with Crippen molar-refractivity contribution >= 4 is 5.91 Å². The summed E-state index contributed by atoms with van der Waals surface area (Å²) in [5.74, 6) is 0.820. The lowest BCUT2D eigenvalue weighted by Gasteiger charge is -2.26. The molecule has 0 aliphatic carbocycles. The lowest BCUT2D eigenvalue weighted by molar-refractivity contribution is -0.137. The highest BCUT2D eigenvalue weighted by Gasteiger charge is 2.17. The lowest BCUT2D eigenvalue weighted by atomic mass is 10.0. The summed E-state index contributed by atoms with van der Waals surface area (Å²) in [4.78, 5) is 14.0. The fourth-order valence-corrected chi connectivity index (χ4v) is 2.81. The molecule has 6 heteroatoms. The highest BCUT2D eigenvalue weighted by Crippen LogP contribution is 2.30. The summed E-state index contributed by atoms with van der Waals surface area (Å²) in [6.45, 7) is 3.95. The largest absolute Gasteiger partial charge is 0.497 e. The zero-order valence-corrected chi connectivity index (χ0v) is 15.0. The summed E-state index contributed by atoms with van der Waals surface area (Å²) >= 11 is 0. The van der Waals surface area contributed by atoms with Crippen LogP contribution in [0.15, 0.2) is 36.4 Å². The topological polar surface area (TPSA) is 48.0 Å². The number of rotatable bonds is 5. The number of benzene rings is 2. The molecule has 0 radical (unpaired) electrons. The Bertz CT molecular complexity index is 787.